The molecule has 2 rings (SSSR count). The van der Waals surface area contributed by atoms with Gasteiger partial charge in [0.05, 0.1) is 6.04 Å². The molecule has 1 aliphatic rings. The van der Waals surface area contributed by atoms with Crippen molar-refractivity contribution in [2.45, 2.75) is 46.2 Å². The summed E-state index contributed by atoms with van der Waals surface area (Å²) in [5.41, 5.74) is 6.64. The molecule has 2 heterocycles. The molecule has 0 bridgehead atoms. The predicted octanol–water partition coefficient (Wildman–Crippen LogP) is 3.50. The molecular formula is C15H26N2S. The van der Waals surface area contributed by atoms with E-state index in [-0.39, 0.29) is 6.04 Å². The van der Waals surface area contributed by atoms with E-state index in [1.807, 2.05) is 11.3 Å². The summed E-state index contributed by atoms with van der Waals surface area (Å²) in [4.78, 5) is 4.01. The van der Waals surface area contributed by atoms with E-state index in [9.17, 15) is 0 Å². The molecule has 18 heavy (non-hydrogen) atoms. The topological polar surface area (TPSA) is 29.3 Å². The Morgan fingerprint density at radius 1 is 1.44 bits per heavy atom. The van der Waals surface area contributed by atoms with Crippen LogP contribution in [0.1, 0.15) is 45.0 Å². The van der Waals surface area contributed by atoms with Crippen molar-refractivity contribution in [1.29, 1.82) is 0 Å². The molecule has 0 saturated carbocycles. The van der Waals surface area contributed by atoms with Gasteiger partial charge in [-0.3, -0.25) is 4.90 Å². The highest BCUT2D eigenvalue weighted by molar-refractivity contribution is 7.10. The molecule has 1 saturated heterocycles. The normalized spacial score (nSPS) is 25.3. The van der Waals surface area contributed by atoms with Crippen LogP contribution in [-0.2, 0) is 0 Å². The van der Waals surface area contributed by atoms with Gasteiger partial charge in [0.2, 0.25) is 0 Å². The van der Waals surface area contributed by atoms with Gasteiger partial charge < -0.3 is 5.73 Å². The highest BCUT2D eigenvalue weighted by Gasteiger charge is 2.36. The van der Waals surface area contributed by atoms with Gasteiger partial charge in [-0.15, -0.1) is 11.3 Å². The van der Waals surface area contributed by atoms with E-state index in [4.69, 9.17) is 5.73 Å². The van der Waals surface area contributed by atoms with E-state index in [2.05, 4.69) is 50.1 Å². The zero-order chi connectivity index (χ0) is 13.3. The van der Waals surface area contributed by atoms with Crippen LogP contribution in [0.3, 0.4) is 0 Å². The second-order valence-corrected chi connectivity index (χ2v) is 7.65. The van der Waals surface area contributed by atoms with Crippen LogP contribution in [0.25, 0.3) is 0 Å². The molecule has 1 fully saturated rings. The van der Waals surface area contributed by atoms with Crippen LogP contribution in [0, 0.1) is 11.3 Å². The first-order valence-corrected chi connectivity index (χ1v) is 7.80. The van der Waals surface area contributed by atoms with Gasteiger partial charge >= 0.3 is 0 Å². The highest BCUT2D eigenvalue weighted by Crippen LogP contribution is 2.38. The van der Waals surface area contributed by atoms with Crippen molar-refractivity contribution in [3.05, 3.63) is 22.4 Å². The lowest BCUT2D eigenvalue weighted by Crippen LogP contribution is -2.38. The lowest BCUT2D eigenvalue weighted by molar-refractivity contribution is 0.182. The van der Waals surface area contributed by atoms with Gasteiger partial charge in [-0.05, 0) is 42.7 Å². The fourth-order valence-corrected chi connectivity index (χ4v) is 3.95. The number of nitrogens with two attached hydrogens (primary N) is 1. The Morgan fingerprint density at radius 3 is 2.61 bits per heavy atom. The first kappa shape index (κ1) is 14.0. The van der Waals surface area contributed by atoms with Gasteiger partial charge in [0.1, 0.15) is 0 Å². The van der Waals surface area contributed by atoms with E-state index in [0.29, 0.717) is 11.5 Å². The largest absolute Gasteiger partial charge is 0.326 e. The van der Waals surface area contributed by atoms with Crippen molar-refractivity contribution in [2.24, 2.45) is 17.1 Å². The molecule has 1 aliphatic heterocycles. The van der Waals surface area contributed by atoms with E-state index < -0.39 is 0 Å². The van der Waals surface area contributed by atoms with Gasteiger partial charge in [0.25, 0.3) is 0 Å². The average Bonchev–Trinajstić information content (AvgIpc) is 2.86. The van der Waals surface area contributed by atoms with Crippen LogP contribution in [-0.4, -0.2) is 24.0 Å². The smallest absolute Gasteiger partial charge is 0.0590 e. The maximum atomic E-state index is 6.23. The van der Waals surface area contributed by atoms with E-state index in [1.54, 1.807) is 0 Å². The van der Waals surface area contributed by atoms with Gasteiger partial charge in [-0.25, -0.2) is 0 Å². The van der Waals surface area contributed by atoms with Gasteiger partial charge in [-0.1, -0.05) is 26.8 Å². The van der Waals surface area contributed by atoms with Crippen LogP contribution in [0.2, 0.25) is 0 Å². The van der Waals surface area contributed by atoms with Crippen molar-refractivity contribution in [3.63, 3.8) is 0 Å². The van der Waals surface area contributed by atoms with Crippen molar-refractivity contribution in [3.8, 4) is 0 Å². The minimum absolute atomic E-state index is 0.197. The van der Waals surface area contributed by atoms with Gasteiger partial charge in [0, 0.05) is 17.5 Å². The molecular weight excluding hydrogens is 240 g/mol. The standard InChI is InChI=1S/C15H26N2S/c1-11(16)14(13-6-5-9-18-13)17-8-7-12(10-17)15(2,3)4/h5-6,9,11-12,14H,7-8,10,16H2,1-4H3. The third kappa shape index (κ3) is 2.95. The Kier molecular flexibility index (Phi) is 4.15. The fourth-order valence-electron chi connectivity index (χ4n) is 2.98. The summed E-state index contributed by atoms with van der Waals surface area (Å²) in [7, 11) is 0. The quantitative estimate of drug-likeness (QED) is 0.907. The Bertz CT molecular complexity index is 364. The second-order valence-electron chi connectivity index (χ2n) is 6.67. The summed E-state index contributed by atoms with van der Waals surface area (Å²) in [6.07, 6.45) is 1.30. The average molecular weight is 266 g/mol. The van der Waals surface area contributed by atoms with Gasteiger partial charge in [-0.2, -0.15) is 0 Å². The second kappa shape index (κ2) is 5.32. The molecule has 1 aromatic rings. The third-order valence-corrected chi connectivity index (χ3v) is 5.11. The number of nitrogens with zero attached hydrogens (tertiary/aromatic N) is 1. The van der Waals surface area contributed by atoms with Crippen LogP contribution >= 0.6 is 11.3 Å². The van der Waals surface area contributed by atoms with Crippen LogP contribution in [0.4, 0.5) is 0 Å². The summed E-state index contributed by atoms with van der Waals surface area (Å²) < 4.78 is 0. The lowest BCUT2D eigenvalue weighted by Gasteiger charge is -2.32. The zero-order valence-electron chi connectivity index (χ0n) is 12.0. The van der Waals surface area contributed by atoms with E-state index in [1.165, 1.54) is 24.4 Å². The molecule has 3 unspecified atom stereocenters. The molecule has 102 valence electrons. The number of rotatable bonds is 3. The Balaban J connectivity index is 2.11. The van der Waals surface area contributed by atoms with Crippen molar-refractivity contribution in [1.82, 2.24) is 4.90 Å². The van der Waals surface area contributed by atoms with Crippen molar-refractivity contribution < 1.29 is 0 Å². The number of hydrogen-bond acceptors (Lipinski definition) is 3. The van der Waals surface area contributed by atoms with Crippen LogP contribution < -0.4 is 5.73 Å². The number of thiophene rings is 1. The van der Waals surface area contributed by atoms with Gasteiger partial charge in [0.15, 0.2) is 0 Å². The number of likely N-dealkylation sites (tertiary alicyclic amines) is 1. The molecule has 2 nitrogen and oxygen atoms in total. The Hall–Kier alpha value is -0.380. The summed E-state index contributed by atoms with van der Waals surface area (Å²) in [6, 6.07) is 4.95. The molecule has 3 atom stereocenters. The molecule has 0 aromatic carbocycles. The minimum Gasteiger partial charge on any atom is -0.326 e. The molecule has 2 N–H and O–H groups in total. The van der Waals surface area contributed by atoms with Crippen molar-refractivity contribution in [2.75, 3.05) is 13.1 Å². The molecule has 0 radical (unpaired) electrons. The highest BCUT2D eigenvalue weighted by atomic mass is 32.1. The number of hydrogen-bond donors (Lipinski definition) is 1. The maximum Gasteiger partial charge on any atom is 0.0590 e. The van der Waals surface area contributed by atoms with E-state index >= 15 is 0 Å². The molecule has 0 spiro atoms. The predicted molar refractivity (Wildman–Crippen MR) is 79.8 cm³/mol. The van der Waals surface area contributed by atoms with Crippen molar-refractivity contribution >= 4 is 11.3 Å². The molecule has 1 aromatic heterocycles. The Morgan fingerprint density at radius 2 is 2.17 bits per heavy atom. The Labute approximate surface area is 115 Å². The SMILES string of the molecule is CC(N)C(c1cccs1)N1CCC(C(C)(C)C)C1. The first-order valence-electron chi connectivity index (χ1n) is 6.92. The van der Waals surface area contributed by atoms with E-state index in [0.717, 1.165) is 5.92 Å². The molecule has 0 amide bonds. The first-order chi connectivity index (χ1) is 8.39. The lowest BCUT2D eigenvalue weighted by atomic mass is 9.80. The summed E-state index contributed by atoms with van der Waals surface area (Å²) in [5, 5.41) is 2.15. The monoisotopic (exact) mass is 266 g/mol. The third-order valence-electron chi connectivity index (χ3n) is 4.17. The van der Waals surface area contributed by atoms with Crippen LogP contribution in [0.5, 0.6) is 0 Å². The van der Waals surface area contributed by atoms with Crippen LogP contribution in [0.15, 0.2) is 17.5 Å². The summed E-state index contributed by atoms with van der Waals surface area (Å²) >= 11 is 1.83. The minimum atomic E-state index is 0.197. The summed E-state index contributed by atoms with van der Waals surface area (Å²) in [5.74, 6) is 0.790. The summed E-state index contributed by atoms with van der Waals surface area (Å²) in [6.45, 7) is 11.6. The molecule has 0 aliphatic carbocycles. The fraction of sp³-hybridized carbons (Fsp3) is 0.733. The zero-order valence-corrected chi connectivity index (χ0v) is 12.8. The molecule has 3 heteroatoms. The maximum absolute atomic E-state index is 6.23.